The molecule has 178 valence electrons. The largest absolute Gasteiger partial charge is 0.478 e. The molecule has 2 amide bonds. The van der Waals surface area contributed by atoms with Crippen molar-refractivity contribution < 1.29 is 19.5 Å². The molecule has 6 nitrogen and oxygen atoms in total. The van der Waals surface area contributed by atoms with Crippen LogP contribution in [-0.4, -0.2) is 34.3 Å². The molecule has 4 bridgehead atoms. The number of aromatic carboxylic acids is 1. The summed E-state index contributed by atoms with van der Waals surface area (Å²) in [5, 5.41) is 13.6. The number of hydrogen-bond donors (Lipinski definition) is 2. The number of anilines is 1. The van der Waals surface area contributed by atoms with Gasteiger partial charge in [0.2, 0.25) is 5.91 Å². The average Bonchev–Trinajstić information content (AvgIpc) is 3.15. The zero-order valence-corrected chi connectivity index (χ0v) is 20.2. The molecule has 7 heteroatoms. The van der Waals surface area contributed by atoms with Gasteiger partial charge < -0.3 is 15.3 Å². The minimum absolute atomic E-state index is 0.0144. The molecule has 0 unspecified atom stereocenters. The quantitative estimate of drug-likeness (QED) is 0.640. The first-order valence-corrected chi connectivity index (χ1v) is 13.2. The first-order chi connectivity index (χ1) is 16.3. The highest BCUT2D eigenvalue weighted by Gasteiger charge is 2.54. The Morgan fingerprint density at radius 1 is 1.06 bits per heavy atom. The van der Waals surface area contributed by atoms with Gasteiger partial charge in [-0.2, -0.15) is 0 Å². The van der Waals surface area contributed by atoms with E-state index in [-0.39, 0.29) is 22.8 Å². The highest BCUT2D eigenvalue weighted by atomic mass is 32.1. The SMILES string of the molecule is Cc1ccccc1C(=O)N1CCc2c(sc(NC(=O)C34CC5CC(CC(C5)C3)C4)c2C(=O)O)C1. The number of carboxylic acids is 1. The number of carbonyl (C=O) groups excluding carboxylic acids is 2. The summed E-state index contributed by atoms with van der Waals surface area (Å²) in [6.07, 6.45) is 7.07. The van der Waals surface area contributed by atoms with E-state index in [4.69, 9.17) is 0 Å². The number of benzene rings is 1. The van der Waals surface area contributed by atoms with Crippen molar-refractivity contribution in [2.75, 3.05) is 11.9 Å². The summed E-state index contributed by atoms with van der Waals surface area (Å²) in [6, 6.07) is 7.54. The van der Waals surface area contributed by atoms with E-state index in [2.05, 4.69) is 5.32 Å². The van der Waals surface area contributed by atoms with Gasteiger partial charge in [-0.1, -0.05) is 18.2 Å². The first kappa shape index (κ1) is 21.8. The van der Waals surface area contributed by atoms with E-state index in [1.54, 1.807) is 4.90 Å². The molecule has 5 aliphatic rings. The average molecular weight is 479 g/mol. The maximum absolute atomic E-state index is 13.6. The van der Waals surface area contributed by atoms with E-state index in [0.29, 0.717) is 47.8 Å². The Kier molecular flexibility index (Phi) is 5.10. The van der Waals surface area contributed by atoms with E-state index in [9.17, 15) is 19.5 Å². The first-order valence-electron chi connectivity index (χ1n) is 12.4. The molecule has 2 aromatic rings. The van der Waals surface area contributed by atoms with Crippen LogP contribution in [0, 0.1) is 30.1 Å². The Morgan fingerprint density at radius 2 is 1.71 bits per heavy atom. The molecule has 2 N–H and O–H groups in total. The molecule has 34 heavy (non-hydrogen) atoms. The van der Waals surface area contributed by atoms with Gasteiger partial charge in [-0.3, -0.25) is 9.59 Å². The van der Waals surface area contributed by atoms with E-state index in [0.717, 1.165) is 35.3 Å². The summed E-state index contributed by atoms with van der Waals surface area (Å²) in [4.78, 5) is 41.6. The molecule has 0 spiro atoms. The number of carbonyl (C=O) groups is 3. The normalized spacial score (nSPS) is 29.1. The molecule has 0 radical (unpaired) electrons. The fourth-order valence-electron chi connectivity index (χ4n) is 7.50. The van der Waals surface area contributed by atoms with Crippen LogP contribution in [0.1, 0.15) is 75.2 Å². The fraction of sp³-hybridized carbons (Fsp3) is 0.519. The summed E-state index contributed by atoms with van der Waals surface area (Å²) < 4.78 is 0. The van der Waals surface area contributed by atoms with Gasteiger partial charge in [0.05, 0.1) is 17.5 Å². The highest BCUT2D eigenvalue weighted by Crippen LogP contribution is 2.60. The van der Waals surface area contributed by atoms with Crippen LogP contribution in [0.4, 0.5) is 5.00 Å². The van der Waals surface area contributed by atoms with Crippen molar-refractivity contribution in [3.63, 3.8) is 0 Å². The number of hydrogen-bond acceptors (Lipinski definition) is 4. The van der Waals surface area contributed by atoms with Crippen LogP contribution in [0.2, 0.25) is 0 Å². The number of rotatable bonds is 4. The Morgan fingerprint density at radius 3 is 2.32 bits per heavy atom. The van der Waals surface area contributed by atoms with Crippen LogP contribution in [0.3, 0.4) is 0 Å². The molecule has 0 saturated heterocycles. The van der Waals surface area contributed by atoms with Gasteiger partial charge in [0, 0.05) is 17.0 Å². The molecule has 4 aliphatic carbocycles. The van der Waals surface area contributed by atoms with Gasteiger partial charge in [0.15, 0.2) is 0 Å². The Balaban J connectivity index is 1.26. The predicted molar refractivity (Wildman–Crippen MR) is 130 cm³/mol. The number of thiophene rings is 1. The lowest BCUT2D eigenvalue weighted by Gasteiger charge is -2.55. The van der Waals surface area contributed by atoms with Crippen LogP contribution >= 0.6 is 11.3 Å². The Hall–Kier alpha value is -2.67. The Labute approximate surface area is 203 Å². The second kappa shape index (κ2) is 7.94. The Bertz CT molecular complexity index is 1160. The monoisotopic (exact) mass is 478 g/mol. The molecule has 4 saturated carbocycles. The molecule has 0 atom stereocenters. The van der Waals surface area contributed by atoms with Crippen molar-refractivity contribution in [3.8, 4) is 0 Å². The molecule has 1 aromatic carbocycles. The number of nitrogens with one attached hydrogen (secondary N) is 1. The topological polar surface area (TPSA) is 86.7 Å². The van der Waals surface area contributed by atoms with E-state index in [1.807, 2.05) is 31.2 Å². The van der Waals surface area contributed by atoms with Crippen LogP contribution < -0.4 is 5.32 Å². The second-order valence-electron chi connectivity index (χ2n) is 11.0. The van der Waals surface area contributed by atoms with E-state index in [1.165, 1.54) is 30.6 Å². The third-order valence-electron chi connectivity index (χ3n) is 8.68. The van der Waals surface area contributed by atoms with Gasteiger partial charge in [0.25, 0.3) is 5.91 Å². The standard InChI is InChI=1S/C27H30N2O4S/c1-15-4-2-3-5-19(15)24(30)29-7-6-20-21(14-29)34-23(22(20)25(31)32)28-26(33)27-11-16-8-17(12-27)10-18(9-16)13-27/h2-5,16-18H,6-14H2,1H3,(H,28,33)(H,31,32). The molecule has 7 rings (SSSR count). The summed E-state index contributed by atoms with van der Waals surface area (Å²) >= 11 is 1.34. The summed E-state index contributed by atoms with van der Waals surface area (Å²) in [7, 11) is 0. The molecule has 1 aliphatic heterocycles. The van der Waals surface area contributed by atoms with Crippen molar-refractivity contribution in [3.05, 3.63) is 51.4 Å². The van der Waals surface area contributed by atoms with Crippen molar-refractivity contribution in [2.45, 2.75) is 58.4 Å². The molecular weight excluding hydrogens is 448 g/mol. The van der Waals surface area contributed by atoms with Gasteiger partial charge >= 0.3 is 5.97 Å². The van der Waals surface area contributed by atoms with Gasteiger partial charge in [0.1, 0.15) is 5.00 Å². The van der Waals surface area contributed by atoms with Crippen molar-refractivity contribution in [1.29, 1.82) is 0 Å². The summed E-state index contributed by atoms with van der Waals surface area (Å²) in [5.41, 5.74) is 2.27. The van der Waals surface area contributed by atoms with Crippen molar-refractivity contribution in [2.24, 2.45) is 23.2 Å². The molecule has 1 aromatic heterocycles. The number of fused-ring (bicyclic) bond motifs is 1. The minimum atomic E-state index is -1.00. The van der Waals surface area contributed by atoms with Crippen LogP contribution in [0.15, 0.2) is 24.3 Å². The van der Waals surface area contributed by atoms with Gasteiger partial charge in [-0.15, -0.1) is 11.3 Å². The number of carboxylic acid groups (broad SMARTS) is 1. The molecule has 4 fully saturated rings. The lowest BCUT2D eigenvalue weighted by Crippen LogP contribution is -2.51. The zero-order chi connectivity index (χ0) is 23.6. The third kappa shape index (κ3) is 3.47. The number of amides is 2. The third-order valence-corrected chi connectivity index (χ3v) is 9.81. The maximum Gasteiger partial charge on any atom is 0.339 e. The van der Waals surface area contributed by atoms with Crippen molar-refractivity contribution in [1.82, 2.24) is 4.90 Å². The summed E-state index contributed by atoms with van der Waals surface area (Å²) in [6.45, 7) is 2.77. The fourth-order valence-corrected chi connectivity index (χ4v) is 8.75. The van der Waals surface area contributed by atoms with Gasteiger partial charge in [-0.25, -0.2) is 4.79 Å². The lowest BCUT2D eigenvalue weighted by atomic mass is 9.49. The van der Waals surface area contributed by atoms with E-state index < -0.39 is 5.97 Å². The number of nitrogens with zero attached hydrogens (tertiary/aromatic N) is 1. The maximum atomic E-state index is 13.6. The van der Waals surface area contributed by atoms with Crippen LogP contribution in [-0.2, 0) is 17.8 Å². The molecular formula is C27H30N2O4S. The highest BCUT2D eigenvalue weighted by molar-refractivity contribution is 7.17. The smallest absolute Gasteiger partial charge is 0.339 e. The van der Waals surface area contributed by atoms with Gasteiger partial charge in [-0.05, 0) is 86.8 Å². The van der Waals surface area contributed by atoms with Crippen LogP contribution in [0.5, 0.6) is 0 Å². The molecule has 2 heterocycles. The van der Waals surface area contributed by atoms with E-state index >= 15 is 0 Å². The zero-order valence-electron chi connectivity index (χ0n) is 19.4. The number of aryl methyl sites for hydroxylation is 1. The lowest BCUT2D eigenvalue weighted by molar-refractivity contribution is -0.140. The van der Waals surface area contributed by atoms with Crippen molar-refractivity contribution >= 4 is 34.1 Å². The summed E-state index contributed by atoms with van der Waals surface area (Å²) in [5.74, 6) is 0.918. The minimum Gasteiger partial charge on any atom is -0.478 e. The predicted octanol–water partition coefficient (Wildman–Crippen LogP) is 5.11. The second-order valence-corrected chi connectivity index (χ2v) is 12.1. The van der Waals surface area contributed by atoms with Crippen LogP contribution in [0.25, 0.3) is 0 Å².